The third-order valence-corrected chi connectivity index (χ3v) is 3.96. The lowest BCUT2D eigenvalue weighted by Crippen LogP contribution is -2.31. The van der Waals surface area contributed by atoms with E-state index in [4.69, 9.17) is 11.6 Å². The van der Waals surface area contributed by atoms with Crippen LogP contribution in [0.15, 0.2) is 66.7 Å². The van der Waals surface area contributed by atoms with E-state index >= 15 is 0 Å². The highest BCUT2D eigenvalue weighted by Gasteiger charge is 2.12. The summed E-state index contributed by atoms with van der Waals surface area (Å²) in [4.78, 5) is 12.2. The van der Waals surface area contributed by atoms with Crippen LogP contribution in [0.2, 0.25) is 5.02 Å². The van der Waals surface area contributed by atoms with Crippen molar-refractivity contribution in [1.82, 2.24) is 5.32 Å². The number of fused-ring (bicyclic) bond motifs is 1. The van der Waals surface area contributed by atoms with E-state index in [1.165, 1.54) is 0 Å². The zero-order chi connectivity index (χ0) is 16.2. The van der Waals surface area contributed by atoms with Crippen molar-refractivity contribution >= 4 is 34.1 Å². The predicted molar refractivity (Wildman–Crippen MR) is 96.0 cm³/mol. The van der Waals surface area contributed by atoms with Crippen LogP contribution < -0.4 is 10.6 Å². The summed E-state index contributed by atoms with van der Waals surface area (Å²) in [5.74, 6) is 0. The molecule has 0 aliphatic heterocycles. The second-order valence-electron chi connectivity index (χ2n) is 5.40. The summed E-state index contributed by atoms with van der Waals surface area (Å²) in [6.07, 6.45) is 0. The number of urea groups is 1. The zero-order valence-electron chi connectivity index (χ0n) is 12.7. The number of rotatable bonds is 3. The highest BCUT2D eigenvalue weighted by molar-refractivity contribution is 6.30. The van der Waals surface area contributed by atoms with Crippen molar-refractivity contribution in [2.45, 2.75) is 13.0 Å². The van der Waals surface area contributed by atoms with E-state index in [0.29, 0.717) is 10.7 Å². The Hall–Kier alpha value is -2.52. The van der Waals surface area contributed by atoms with E-state index in [1.807, 2.05) is 31.2 Å². The molecule has 0 fully saturated rings. The number of carbonyl (C=O) groups is 1. The summed E-state index contributed by atoms with van der Waals surface area (Å²) in [5, 5.41) is 8.65. The number of anilines is 1. The van der Waals surface area contributed by atoms with Crippen molar-refractivity contribution in [1.29, 1.82) is 0 Å². The van der Waals surface area contributed by atoms with Gasteiger partial charge in [-0.3, -0.25) is 0 Å². The molecule has 0 saturated heterocycles. The normalized spacial score (nSPS) is 11.9. The summed E-state index contributed by atoms with van der Waals surface area (Å²) in [6.45, 7) is 1.97. The highest BCUT2D eigenvalue weighted by Crippen LogP contribution is 2.24. The average molecular weight is 325 g/mol. The van der Waals surface area contributed by atoms with Crippen LogP contribution in [0.25, 0.3) is 10.8 Å². The van der Waals surface area contributed by atoms with E-state index in [0.717, 1.165) is 16.3 Å². The number of hydrogen-bond acceptors (Lipinski definition) is 1. The molecule has 1 atom stereocenters. The lowest BCUT2D eigenvalue weighted by Gasteiger charge is -2.17. The van der Waals surface area contributed by atoms with Crippen molar-refractivity contribution in [3.05, 3.63) is 77.3 Å². The standard InChI is InChI=1S/C19H17ClN2O/c1-13(17-11-4-7-14-6-2-3-10-18(14)17)21-19(23)22-16-9-5-8-15(20)12-16/h2-13H,1H3,(H2,21,22,23)/t13-/m1/s1. The fraction of sp³-hybridized carbons (Fsp3) is 0.105. The van der Waals surface area contributed by atoms with Gasteiger partial charge in [-0.15, -0.1) is 0 Å². The van der Waals surface area contributed by atoms with Crippen LogP contribution in [0.1, 0.15) is 18.5 Å². The van der Waals surface area contributed by atoms with E-state index in [1.54, 1.807) is 24.3 Å². The molecule has 3 rings (SSSR count). The molecule has 2 N–H and O–H groups in total. The molecule has 0 saturated carbocycles. The van der Waals surface area contributed by atoms with Gasteiger partial charge in [-0.2, -0.15) is 0 Å². The first kappa shape index (κ1) is 15.4. The molecule has 0 unspecified atom stereocenters. The third-order valence-electron chi connectivity index (χ3n) is 3.72. The number of amides is 2. The summed E-state index contributed by atoms with van der Waals surface area (Å²) >= 11 is 5.92. The Kier molecular flexibility index (Phi) is 4.49. The van der Waals surface area contributed by atoms with Gasteiger partial charge in [0.05, 0.1) is 6.04 Å². The van der Waals surface area contributed by atoms with Gasteiger partial charge in [-0.25, -0.2) is 4.79 Å². The molecule has 3 aromatic rings. The van der Waals surface area contributed by atoms with Gasteiger partial charge in [0.1, 0.15) is 0 Å². The SMILES string of the molecule is C[C@@H](NC(=O)Nc1cccc(Cl)c1)c1cccc2ccccc12. The lowest BCUT2D eigenvalue weighted by atomic mass is 10.00. The summed E-state index contributed by atoms with van der Waals surface area (Å²) in [7, 11) is 0. The van der Waals surface area contributed by atoms with Crippen LogP contribution in [0.5, 0.6) is 0 Å². The fourth-order valence-corrected chi connectivity index (χ4v) is 2.83. The maximum atomic E-state index is 12.2. The molecule has 3 nitrogen and oxygen atoms in total. The molecule has 0 aromatic heterocycles. The molecule has 0 aliphatic rings. The molecule has 0 bridgehead atoms. The van der Waals surface area contributed by atoms with E-state index in [2.05, 4.69) is 28.8 Å². The topological polar surface area (TPSA) is 41.1 Å². The first-order valence-corrected chi connectivity index (χ1v) is 7.82. The zero-order valence-corrected chi connectivity index (χ0v) is 13.5. The summed E-state index contributed by atoms with van der Waals surface area (Å²) in [5.41, 5.74) is 1.75. The van der Waals surface area contributed by atoms with Crippen LogP contribution >= 0.6 is 11.6 Å². The number of carbonyl (C=O) groups excluding carboxylic acids is 1. The number of nitrogens with one attached hydrogen (secondary N) is 2. The molecule has 3 aromatic carbocycles. The molecular formula is C19H17ClN2O. The van der Waals surface area contributed by atoms with Crippen LogP contribution in [-0.4, -0.2) is 6.03 Å². The average Bonchev–Trinajstić information content (AvgIpc) is 2.54. The predicted octanol–water partition coefficient (Wildman–Crippen LogP) is 5.38. The van der Waals surface area contributed by atoms with Crippen molar-refractivity contribution in [2.24, 2.45) is 0 Å². The van der Waals surface area contributed by atoms with Gasteiger partial charge in [-0.05, 0) is 41.5 Å². The van der Waals surface area contributed by atoms with E-state index < -0.39 is 0 Å². The fourth-order valence-electron chi connectivity index (χ4n) is 2.64. The number of hydrogen-bond donors (Lipinski definition) is 2. The molecule has 0 radical (unpaired) electrons. The Morgan fingerprint density at radius 1 is 1.00 bits per heavy atom. The maximum Gasteiger partial charge on any atom is 0.319 e. The van der Waals surface area contributed by atoms with Gasteiger partial charge in [0.15, 0.2) is 0 Å². The molecule has 0 spiro atoms. The minimum atomic E-state index is -0.257. The Bertz CT molecular complexity index is 842. The van der Waals surface area contributed by atoms with Gasteiger partial charge >= 0.3 is 6.03 Å². The quantitative estimate of drug-likeness (QED) is 0.667. The number of halogens is 1. The maximum absolute atomic E-state index is 12.2. The Morgan fingerprint density at radius 3 is 2.57 bits per heavy atom. The first-order valence-electron chi connectivity index (χ1n) is 7.44. The van der Waals surface area contributed by atoms with Gasteiger partial charge in [0.2, 0.25) is 0 Å². The lowest BCUT2D eigenvalue weighted by molar-refractivity contribution is 0.249. The minimum Gasteiger partial charge on any atom is -0.331 e. The molecule has 4 heteroatoms. The second-order valence-corrected chi connectivity index (χ2v) is 5.84. The highest BCUT2D eigenvalue weighted by atomic mass is 35.5. The van der Waals surface area contributed by atoms with Crippen molar-refractivity contribution in [3.63, 3.8) is 0 Å². The largest absolute Gasteiger partial charge is 0.331 e. The molecule has 0 heterocycles. The Labute approximate surface area is 140 Å². The van der Waals surface area contributed by atoms with Crippen molar-refractivity contribution < 1.29 is 4.79 Å². The van der Waals surface area contributed by atoms with Crippen LogP contribution in [0.3, 0.4) is 0 Å². The Morgan fingerprint density at radius 2 is 1.74 bits per heavy atom. The number of benzene rings is 3. The molecule has 23 heavy (non-hydrogen) atoms. The molecule has 116 valence electrons. The monoisotopic (exact) mass is 324 g/mol. The van der Waals surface area contributed by atoms with Gasteiger partial charge in [0.25, 0.3) is 0 Å². The smallest absolute Gasteiger partial charge is 0.319 e. The summed E-state index contributed by atoms with van der Waals surface area (Å²) < 4.78 is 0. The first-order chi connectivity index (χ1) is 11.1. The molecule has 2 amide bonds. The van der Waals surface area contributed by atoms with E-state index in [-0.39, 0.29) is 12.1 Å². The molecule has 0 aliphatic carbocycles. The molecular weight excluding hydrogens is 308 g/mol. The van der Waals surface area contributed by atoms with Gasteiger partial charge in [-0.1, -0.05) is 60.1 Å². The second kappa shape index (κ2) is 6.71. The minimum absolute atomic E-state index is 0.111. The van der Waals surface area contributed by atoms with Crippen molar-refractivity contribution in [3.8, 4) is 0 Å². The Balaban J connectivity index is 1.75. The van der Waals surface area contributed by atoms with Crippen LogP contribution in [-0.2, 0) is 0 Å². The third kappa shape index (κ3) is 3.63. The van der Waals surface area contributed by atoms with Crippen LogP contribution in [0.4, 0.5) is 10.5 Å². The summed E-state index contributed by atoms with van der Waals surface area (Å²) in [6, 6.07) is 21.0. The van der Waals surface area contributed by atoms with Gasteiger partial charge in [0, 0.05) is 10.7 Å². The van der Waals surface area contributed by atoms with E-state index in [9.17, 15) is 4.79 Å². The van der Waals surface area contributed by atoms with Crippen molar-refractivity contribution in [2.75, 3.05) is 5.32 Å². The van der Waals surface area contributed by atoms with Gasteiger partial charge < -0.3 is 10.6 Å². The van der Waals surface area contributed by atoms with Crippen LogP contribution in [0, 0.1) is 0 Å².